The lowest BCUT2D eigenvalue weighted by Crippen LogP contribution is -2.46. The smallest absolute Gasteiger partial charge is 0.407 e. The molecule has 4 bridgehead atoms. The van der Waals surface area contributed by atoms with Crippen molar-refractivity contribution in [3.05, 3.63) is 88.2 Å². The molecule has 1 aliphatic rings. The van der Waals surface area contributed by atoms with Crippen LogP contribution in [0.3, 0.4) is 0 Å². The molecule has 19 nitrogen and oxygen atoms in total. The Morgan fingerprint density at radius 3 is 1.99 bits per heavy atom. The zero-order chi connectivity index (χ0) is 56.6. The van der Waals surface area contributed by atoms with Gasteiger partial charge >= 0.3 is 18.2 Å². The molecule has 3 aromatic carbocycles. The molecule has 1 aliphatic heterocycles. The summed E-state index contributed by atoms with van der Waals surface area (Å²) in [6, 6.07) is 12.9. The molecule has 4 aromatic rings. The third kappa shape index (κ3) is 15.7. The molecular formula is C57H75N7O12. The first-order chi connectivity index (χ1) is 35.4. The molecule has 6 N–H and O–H groups in total. The third-order valence-electron chi connectivity index (χ3n) is 12.6. The summed E-state index contributed by atoms with van der Waals surface area (Å²) in [5, 5.41) is 19.8. The van der Waals surface area contributed by atoms with Gasteiger partial charge in [-0.15, -0.1) is 0 Å². The quantitative estimate of drug-likeness (QED) is 0.0200. The molecule has 0 unspecified atom stereocenters. The Kier molecular flexibility index (Phi) is 19.0. The van der Waals surface area contributed by atoms with Crippen LogP contribution in [0.15, 0.2) is 54.6 Å². The van der Waals surface area contributed by atoms with E-state index in [4.69, 9.17) is 34.6 Å². The molecule has 1 aromatic heterocycles. The van der Waals surface area contributed by atoms with E-state index in [1.807, 2.05) is 24.3 Å². The number of methoxy groups -OCH3 is 1. The molecule has 0 radical (unpaired) electrons. The number of nitrogens with one attached hydrogen (secondary N) is 3. The summed E-state index contributed by atoms with van der Waals surface area (Å²) in [4.78, 5) is 108. The zero-order valence-electron chi connectivity index (χ0n) is 46.3. The Labute approximate surface area is 445 Å². The molecule has 0 spiro atoms. The third-order valence-corrected chi connectivity index (χ3v) is 12.6. The zero-order valence-corrected chi connectivity index (χ0v) is 46.3. The predicted molar refractivity (Wildman–Crippen MR) is 287 cm³/mol. The van der Waals surface area contributed by atoms with E-state index in [-0.39, 0.29) is 71.6 Å². The molecule has 0 saturated carbocycles. The van der Waals surface area contributed by atoms with Crippen LogP contribution in [0.1, 0.15) is 133 Å². The number of nitrogens with zero attached hydrogens (tertiary/aromatic N) is 3. The van der Waals surface area contributed by atoms with E-state index < -0.39 is 95.2 Å². The van der Waals surface area contributed by atoms with Crippen LogP contribution in [0, 0.1) is 25.7 Å². The highest BCUT2D eigenvalue weighted by Gasteiger charge is 2.37. The number of carbonyl (C=O) groups excluding carboxylic acids is 7. The standard InChI is InChI=1S/C57H75N7O12/c1-31-25-44(66)47(37-28-40(48(67)41(58)29-37)39-26-34(27-42(52(70)73-14)63-50(31)68)15-20-45(39)74-24-23-60-54(72)76-57(10,11)12)64(13)51(69)36(21-22-59-53(71)75-56(7,8)9)30-43(65)46-32(2)61-49(62-33(46)3)35-16-18-38(19-17-35)55(4,5)6/h15-20,26,28-29,31,36,42,47,67H,21-25,27,30,58H2,1-14H3,(H,59,71)(H,60,72)(H,63,68)/t31-,36-,42+,47+/m1/s1. The Morgan fingerprint density at radius 1 is 0.829 bits per heavy atom. The number of benzene rings is 3. The van der Waals surface area contributed by atoms with Crippen LogP contribution in [0.4, 0.5) is 15.3 Å². The van der Waals surface area contributed by atoms with Gasteiger partial charge in [0, 0.05) is 61.4 Å². The molecule has 4 atom stereocenters. The lowest BCUT2D eigenvalue weighted by molar-refractivity contribution is -0.146. The molecule has 0 saturated heterocycles. The van der Waals surface area contributed by atoms with Crippen LogP contribution in [0.2, 0.25) is 0 Å². The van der Waals surface area contributed by atoms with Crippen molar-refractivity contribution in [2.45, 2.75) is 137 Å². The molecule has 19 heteroatoms. The number of nitrogen functional groups attached to an aromatic ring is 1. The highest BCUT2D eigenvalue weighted by molar-refractivity contribution is 6.01. The van der Waals surface area contributed by atoms with E-state index in [1.54, 1.807) is 73.6 Å². The number of phenolic OH excluding ortho intramolecular Hbond substituents is 1. The fraction of sp³-hybridized carbons (Fsp3) is 0.491. The number of aromatic nitrogens is 2. The van der Waals surface area contributed by atoms with E-state index in [0.29, 0.717) is 22.8 Å². The number of hydrogen-bond acceptors (Lipinski definition) is 15. The summed E-state index contributed by atoms with van der Waals surface area (Å²) >= 11 is 0. The lowest BCUT2D eigenvalue weighted by atomic mass is 9.86. The van der Waals surface area contributed by atoms with Crippen molar-refractivity contribution < 1.29 is 57.6 Å². The highest BCUT2D eigenvalue weighted by Crippen LogP contribution is 2.43. The topological polar surface area (TPSA) is 268 Å². The first kappa shape index (κ1) is 59.3. The summed E-state index contributed by atoms with van der Waals surface area (Å²) in [5.74, 6) is -5.14. The van der Waals surface area contributed by atoms with Gasteiger partial charge in [-0.3, -0.25) is 19.2 Å². The number of ketones is 2. The normalized spacial score (nSPS) is 16.5. The maximum absolute atomic E-state index is 15.2. The number of Topliss-reactive ketones (excluding diaryl/α,β-unsaturated/α-hetero) is 2. The van der Waals surface area contributed by atoms with Crippen molar-refractivity contribution in [1.82, 2.24) is 30.8 Å². The number of likely N-dealkylation sites (N-methyl/N-ethyl adjacent to an activating group) is 1. The molecular weight excluding hydrogens is 975 g/mol. The number of aryl methyl sites for hydroxylation is 2. The van der Waals surface area contributed by atoms with Crippen molar-refractivity contribution in [2.24, 2.45) is 11.8 Å². The fourth-order valence-corrected chi connectivity index (χ4v) is 8.81. The molecule has 410 valence electrons. The minimum atomic E-state index is -1.48. The van der Waals surface area contributed by atoms with Crippen LogP contribution in [0.5, 0.6) is 11.5 Å². The number of hydrogen-bond donors (Lipinski definition) is 5. The SMILES string of the molecule is COC(=O)[C@@H]1Cc2ccc(OCCNC(=O)OC(C)(C)C)c(c2)-c2cc(cc(N)c2O)[C@H](N(C)C(=O)[C@H](CCNC(=O)OC(C)(C)C)CC(=O)c2c(C)nc(-c3ccc(C(C)(C)C)cc3)nc2C)C(=O)C[C@@H](C)C(=O)N1. The van der Waals surface area contributed by atoms with Gasteiger partial charge in [0.15, 0.2) is 17.4 Å². The number of fused-ring (bicyclic) bond motifs is 5. The van der Waals surface area contributed by atoms with Crippen LogP contribution in [-0.4, -0.2) is 113 Å². The monoisotopic (exact) mass is 1050 g/mol. The number of carbonyl (C=O) groups is 7. The van der Waals surface area contributed by atoms with Crippen molar-refractivity contribution >= 4 is 47.2 Å². The average molecular weight is 1050 g/mol. The number of nitrogens with two attached hydrogens (primary N) is 1. The minimum Gasteiger partial charge on any atom is -0.505 e. The van der Waals surface area contributed by atoms with Gasteiger partial charge < -0.3 is 50.6 Å². The maximum atomic E-state index is 15.2. The Balaban J connectivity index is 1.59. The van der Waals surface area contributed by atoms with Gasteiger partial charge in [0.2, 0.25) is 11.8 Å². The molecule has 4 amide bonds. The Morgan fingerprint density at radius 2 is 1.42 bits per heavy atom. The van der Waals surface area contributed by atoms with E-state index in [2.05, 4.69) is 36.7 Å². The number of ether oxygens (including phenoxy) is 4. The number of aromatic hydroxyl groups is 1. The molecule has 2 heterocycles. The van der Waals surface area contributed by atoms with Gasteiger partial charge in [0.1, 0.15) is 41.4 Å². The van der Waals surface area contributed by atoms with Crippen LogP contribution in [-0.2, 0) is 45.2 Å². The van der Waals surface area contributed by atoms with E-state index in [1.165, 1.54) is 38.1 Å². The van der Waals surface area contributed by atoms with Gasteiger partial charge in [-0.2, -0.15) is 0 Å². The second-order valence-electron chi connectivity index (χ2n) is 22.3. The Hall–Kier alpha value is -7.57. The molecule has 0 aliphatic carbocycles. The van der Waals surface area contributed by atoms with Crippen molar-refractivity contribution in [1.29, 1.82) is 0 Å². The van der Waals surface area contributed by atoms with Crippen molar-refractivity contribution in [3.8, 4) is 34.0 Å². The number of esters is 1. The number of phenols is 1. The first-order valence-corrected chi connectivity index (χ1v) is 25.4. The number of amides is 4. The van der Waals surface area contributed by atoms with Crippen molar-refractivity contribution in [3.63, 3.8) is 0 Å². The van der Waals surface area contributed by atoms with Crippen LogP contribution in [0.25, 0.3) is 22.5 Å². The molecule has 5 rings (SSSR count). The second kappa shape index (κ2) is 24.4. The average Bonchev–Trinajstić information content (AvgIpc) is 3.31. The van der Waals surface area contributed by atoms with Gasteiger partial charge in [-0.05, 0) is 108 Å². The minimum absolute atomic E-state index is 0.0169. The lowest BCUT2D eigenvalue weighted by Gasteiger charge is -2.32. The predicted octanol–water partition coefficient (Wildman–Crippen LogP) is 8.03. The van der Waals surface area contributed by atoms with Gasteiger partial charge in [-0.25, -0.2) is 24.4 Å². The van der Waals surface area contributed by atoms with E-state index in [9.17, 15) is 33.9 Å². The Bertz CT molecular complexity index is 2800. The summed E-state index contributed by atoms with van der Waals surface area (Å²) in [5.41, 5.74) is 8.61. The summed E-state index contributed by atoms with van der Waals surface area (Å²) in [7, 11) is 2.57. The van der Waals surface area contributed by atoms with Gasteiger partial charge in [0.25, 0.3) is 0 Å². The summed E-state index contributed by atoms with van der Waals surface area (Å²) in [6.45, 7) is 21.4. The molecule has 76 heavy (non-hydrogen) atoms. The number of rotatable bonds is 14. The van der Waals surface area contributed by atoms with Gasteiger partial charge in [-0.1, -0.05) is 58.0 Å². The largest absolute Gasteiger partial charge is 0.505 e. The maximum Gasteiger partial charge on any atom is 0.407 e. The summed E-state index contributed by atoms with van der Waals surface area (Å²) in [6.07, 6.45) is -2.38. The van der Waals surface area contributed by atoms with Crippen LogP contribution >= 0.6 is 0 Å². The van der Waals surface area contributed by atoms with Crippen LogP contribution < -0.4 is 26.4 Å². The first-order valence-electron chi connectivity index (χ1n) is 25.4. The second-order valence-corrected chi connectivity index (χ2v) is 22.3. The fourth-order valence-electron chi connectivity index (χ4n) is 8.81. The number of anilines is 1. The van der Waals surface area contributed by atoms with Gasteiger partial charge in [0.05, 0.1) is 36.3 Å². The number of alkyl carbamates (subject to hydrolysis) is 2. The highest BCUT2D eigenvalue weighted by atomic mass is 16.6. The van der Waals surface area contributed by atoms with E-state index in [0.717, 1.165) is 11.1 Å². The summed E-state index contributed by atoms with van der Waals surface area (Å²) < 4.78 is 22.0. The van der Waals surface area contributed by atoms with E-state index >= 15 is 4.79 Å². The molecule has 0 fully saturated rings. The van der Waals surface area contributed by atoms with Crippen molar-refractivity contribution in [2.75, 3.05) is 39.6 Å².